The van der Waals surface area contributed by atoms with Crippen LogP contribution in [0.15, 0.2) is 0 Å². The molecule has 0 unspecified atom stereocenters. The van der Waals surface area contributed by atoms with Crippen molar-refractivity contribution in [2.45, 2.75) is 20.8 Å². The quantitative estimate of drug-likeness (QED) is 0.368. The fraction of sp³-hybridized carbons (Fsp3) is 0.500. The molecule has 0 aliphatic rings. The molecule has 0 saturated heterocycles. The van der Waals surface area contributed by atoms with Crippen LogP contribution in [0.1, 0.15) is 20.8 Å². The predicted molar refractivity (Wildman–Crippen MR) is 45.7 cm³/mol. The van der Waals surface area contributed by atoms with Gasteiger partial charge in [-0.3, -0.25) is 14.4 Å². The van der Waals surface area contributed by atoms with Crippen molar-refractivity contribution in [1.29, 1.82) is 0 Å². The minimum absolute atomic E-state index is 0. The topological polar surface area (TPSA) is 112 Å². The summed E-state index contributed by atoms with van der Waals surface area (Å²) in [5.41, 5.74) is 0. The number of carboxylic acids is 3. The van der Waals surface area contributed by atoms with Gasteiger partial charge in [-0.15, -0.1) is 0 Å². The van der Waals surface area contributed by atoms with Crippen LogP contribution in [0.3, 0.4) is 0 Å². The van der Waals surface area contributed by atoms with Crippen LogP contribution in [0, 0.1) is 0 Å². The first-order valence-electron chi connectivity index (χ1n) is 2.78. The Morgan fingerprint density at radius 2 is 0.714 bits per heavy atom. The van der Waals surface area contributed by atoms with E-state index < -0.39 is 17.9 Å². The van der Waals surface area contributed by atoms with Crippen molar-refractivity contribution < 1.29 is 59.3 Å². The van der Waals surface area contributed by atoms with Crippen LogP contribution >= 0.6 is 0 Å². The van der Waals surface area contributed by atoms with Gasteiger partial charge in [0.2, 0.25) is 0 Å². The van der Waals surface area contributed by atoms with E-state index in [2.05, 4.69) is 0 Å². The first-order valence-corrected chi connectivity index (χ1v) is 2.78. The SMILES string of the molecule is CC(=O)O.CC(=O)O.CC(=O)O.[B-].[Na+]. The fourth-order valence-corrected chi connectivity index (χ4v) is 0. The molecular weight excluding hydrogens is 202 g/mol. The van der Waals surface area contributed by atoms with Gasteiger partial charge in [-0.25, -0.2) is 0 Å². The molecule has 0 fully saturated rings. The Balaban J connectivity index is -0.0000000270. The summed E-state index contributed by atoms with van der Waals surface area (Å²) in [7, 11) is 0. The van der Waals surface area contributed by atoms with Gasteiger partial charge in [-0.1, -0.05) is 0 Å². The molecule has 8 heteroatoms. The fourth-order valence-electron chi connectivity index (χ4n) is 0. The van der Waals surface area contributed by atoms with E-state index in [1.807, 2.05) is 0 Å². The van der Waals surface area contributed by atoms with Gasteiger partial charge in [0.25, 0.3) is 17.9 Å². The summed E-state index contributed by atoms with van der Waals surface area (Å²) in [4.78, 5) is 27.0. The summed E-state index contributed by atoms with van der Waals surface area (Å²) in [6, 6.07) is 0. The zero-order valence-corrected chi connectivity index (χ0v) is 10.6. The van der Waals surface area contributed by atoms with E-state index in [0.717, 1.165) is 20.8 Å². The van der Waals surface area contributed by atoms with Gasteiger partial charge in [-0.05, 0) is 0 Å². The summed E-state index contributed by atoms with van der Waals surface area (Å²) in [5.74, 6) is -2.50. The Hall–Kier alpha value is -0.525. The molecule has 0 aliphatic carbocycles. The minimum Gasteiger partial charge on any atom is -1.00 e. The molecule has 76 valence electrons. The third-order valence-corrected chi connectivity index (χ3v) is 0. The molecule has 0 aromatic carbocycles. The largest absolute Gasteiger partial charge is 1.00 e. The first-order chi connectivity index (χ1) is 5.20. The predicted octanol–water partition coefficient (Wildman–Crippen LogP) is -3.10. The van der Waals surface area contributed by atoms with E-state index in [1.54, 1.807) is 0 Å². The van der Waals surface area contributed by atoms with E-state index in [0.29, 0.717) is 0 Å². The van der Waals surface area contributed by atoms with Crippen LogP contribution in [0.4, 0.5) is 0 Å². The van der Waals surface area contributed by atoms with Gasteiger partial charge >= 0.3 is 29.6 Å². The van der Waals surface area contributed by atoms with Crippen LogP contribution in [0.25, 0.3) is 0 Å². The number of carboxylic acid groups (broad SMARTS) is 3. The molecule has 0 aromatic heterocycles. The Morgan fingerprint density at radius 3 is 0.714 bits per heavy atom. The molecule has 0 aliphatic heterocycles. The molecule has 4 radical (unpaired) electrons. The average Bonchev–Trinajstić information content (AvgIpc) is 1.54. The molecule has 0 aromatic rings. The van der Waals surface area contributed by atoms with Crippen molar-refractivity contribution in [3.8, 4) is 0 Å². The molecule has 0 heterocycles. The number of rotatable bonds is 0. The second-order valence-corrected chi connectivity index (χ2v) is 1.56. The summed E-state index contributed by atoms with van der Waals surface area (Å²) in [6.07, 6.45) is 0. The van der Waals surface area contributed by atoms with Crippen molar-refractivity contribution in [2.24, 2.45) is 0 Å². The normalized spacial score (nSPS) is 5.36. The molecule has 6 nitrogen and oxygen atoms in total. The zero-order valence-electron chi connectivity index (χ0n) is 8.64. The van der Waals surface area contributed by atoms with Gasteiger partial charge in [-0.2, -0.15) is 0 Å². The Kier molecular flexibility index (Phi) is 47.7. The summed E-state index contributed by atoms with van der Waals surface area (Å²) >= 11 is 0. The third-order valence-electron chi connectivity index (χ3n) is 0. The number of aliphatic carboxylic acids is 3. The molecular formula is C6H12BNaO6. The molecule has 0 rings (SSSR count). The second-order valence-electron chi connectivity index (χ2n) is 1.56. The van der Waals surface area contributed by atoms with Gasteiger partial charge in [0, 0.05) is 20.8 Å². The minimum atomic E-state index is -0.833. The van der Waals surface area contributed by atoms with Crippen LogP contribution in [0.2, 0.25) is 0 Å². The third kappa shape index (κ3) is 4570. The second kappa shape index (κ2) is 22.9. The molecule has 0 spiro atoms. The molecule has 0 amide bonds. The number of carbonyl (C=O) groups is 3. The van der Waals surface area contributed by atoms with Gasteiger partial charge in [0.1, 0.15) is 0 Å². The van der Waals surface area contributed by atoms with Crippen molar-refractivity contribution in [3.05, 3.63) is 0 Å². The molecule has 0 atom stereocenters. The zero-order chi connectivity index (χ0) is 10.7. The number of hydrogen-bond donors (Lipinski definition) is 3. The van der Waals surface area contributed by atoms with E-state index >= 15 is 0 Å². The van der Waals surface area contributed by atoms with Crippen molar-refractivity contribution in [1.82, 2.24) is 0 Å². The molecule has 3 N–H and O–H groups in total. The summed E-state index contributed by atoms with van der Waals surface area (Å²) in [5, 5.41) is 22.2. The van der Waals surface area contributed by atoms with Crippen LogP contribution < -0.4 is 29.6 Å². The monoisotopic (exact) mass is 214 g/mol. The van der Waals surface area contributed by atoms with Crippen molar-refractivity contribution >= 4 is 26.3 Å². The molecule has 14 heavy (non-hydrogen) atoms. The Morgan fingerprint density at radius 1 is 0.714 bits per heavy atom. The Bertz CT molecular complexity index is 120. The van der Waals surface area contributed by atoms with Gasteiger partial charge < -0.3 is 23.7 Å². The van der Waals surface area contributed by atoms with Gasteiger partial charge in [0.05, 0.1) is 0 Å². The van der Waals surface area contributed by atoms with E-state index in [-0.39, 0.29) is 38.0 Å². The smallest absolute Gasteiger partial charge is 1.00 e. The Labute approximate surface area is 106 Å². The van der Waals surface area contributed by atoms with E-state index in [4.69, 9.17) is 29.7 Å². The number of hydrogen-bond acceptors (Lipinski definition) is 3. The molecule has 0 bridgehead atoms. The maximum absolute atomic E-state index is 9.00. The van der Waals surface area contributed by atoms with Crippen LogP contribution in [-0.2, 0) is 14.4 Å². The van der Waals surface area contributed by atoms with Gasteiger partial charge in [0.15, 0.2) is 0 Å². The standard InChI is InChI=1S/3C2H4O2.B.Na/c3*1-2(3)4;;/h3*1H3,(H,3,4);;/q;;;-1;+1. The van der Waals surface area contributed by atoms with Crippen LogP contribution in [0.5, 0.6) is 0 Å². The van der Waals surface area contributed by atoms with Crippen LogP contribution in [-0.4, -0.2) is 41.6 Å². The van der Waals surface area contributed by atoms with E-state index in [1.165, 1.54) is 0 Å². The summed E-state index contributed by atoms with van der Waals surface area (Å²) in [6.45, 7) is 3.25. The maximum atomic E-state index is 9.00. The maximum Gasteiger partial charge on any atom is 1.00 e. The average molecular weight is 214 g/mol. The van der Waals surface area contributed by atoms with E-state index in [9.17, 15) is 0 Å². The first kappa shape index (κ1) is 29.2. The van der Waals surface area contributed by atoms with Crippen molar-refractivity contribution in [2.75, 3.05) is 0 Å². The van der Waals surface area contributed by atoms with Crippen molar-refractivity contribution in [3.63, 3.8) is 0 Å². The molecule has 0 saturated carbocycles. The summed E-state index contributed by atoms with van der Waals surface area (Å²) < 4.78 is 0.